The fourth-order valence-corrected chi connectivity index (χ4v) is 9.40. The highest BCUT2D eigenvalue weighted by molar-refractivity contribution is 5.84. The Labute approximate surface area is 191 Å². The zero-order valence-corrected chi connectivity index (χ0v) is 20.6. The third-order valence-corrected chi connectivity index (χ3v) is 10.7. The predicted octanol–water partition coefficient (Wildman–Crippen LogP) is 6.85. The summed E-state index contributed by atoms with van der Waals surface area (Å²) in [5.74, 6) is 9.11. The van der Waals surface area contributed by atoms with Crippen LogP contribution in [-0.4, -0.2) is 12.8 Å². The molecule has 9 atom stereocenters. The first-order chi connectivity index (χ1) is 14.8. The van der Waals surface area contributed by atoms with Gasteiger partial charge in [-0.25, -0.2) is 0 Å². The number of allylic oxidation sites excluding steroid dienone is 1. The van der Waals surface area contributed by atoms with Crippen molar-refractivity contribution in [1.82, 2.24) is 0 Å². The number of terminal acetylenes is 1. The Morgan fingerprint density at radius 3 is 2.58 bits per heavy atom. The van der Waals surface area contributed by atoms with Gasteiger partial charge in [0.15, 0.2) is 0 Å². The maximum absolute atomic E-state index is 5.56. The van der Waals surface area contributed by atoms with E-state index in [2.05, 4.69) is 38.6 Å². The highest BCUT2D eigenvalue weighted by Gasteiger charge is 2.58. The average Bonchev–Trinajstić information content (AvgIpc) is 2.74. The Bertz CT molecular complexity index is 744. The molecule has 0 heterocycles. The first-order valence-electron chi connectivity index (χ1n) is 13.2. The minimum Gasteiger partial charge on any atom is -0.404 e. The van der Waals surface area contributed by atoms with Crippen molar-refractivity contribution >= 4 is 6.21 Å². The van der Waals surface area contributed by atoms with Crippen molar-refractivity contribution in [2.75, 3.05) is 6.54 Å². The van der Waals surface area contributed by atoms with Crippen molar-refractivity contribution in [3.63, 3.8) is 0 Å². The molecule has 4 aliphatic rings. The van der Waals surface area contributed by atoms with E-state index in [0.717, 1.165) is 48.0 Å². The molecule has 0 aromatic carbocycles. The summed E-state index contributed by atoms with van der Waals surface area (Å²) < 4.78 is 0. The van der Waals surface area contributed by atoms with Crippen molar-refractivity contribution in [3.05, 3.63) is 11.8 Å². The Morgan fingerprint density at radius 1 is 1.06 bits per heavy atom. The van der Waals surface area contributed by atoms with Gasteiger partial charge in [0, 0.05) is 19.0 Å². The van der Waals surface area contributed by atoms with E-state index < -0.39 is 0 Å². The second-order valence-corrected chi connectivity index (χ2v) is 12.4. The van der Waals surface area contributed by atoms with Gasteiger partial charge in [0.05, 0.1) is 5.57 Å². The summed E-state index contributed by atoms with van der Waals surface area (Å²) in [6.07, 6.45) is 23.1. The summed E-state index contributed by atoms with van der Waals surface area (Å²) in [4.78, 5) is 4.63. The monoisotopic (exact) mass is 422 g/mol. The van der Waals surface area contributed by atoms with E-state index in [0.29, 0.717) is 16.4 Å². The molecule has 0 saturated heterocycles. The van der Waals surface area contributed by atoms with Crippen molar-refractivity contribution < 1.29 is 0 Å². The van der Waals surface area contributed by atoms with E-state index in [1.807, 2.05) is 0 Å². The Kier molecular flexibility index (Phi) is 6.63. The third kappa shape index (κ3) is 4.12. The number of hydrogen-bond donors (Lipinski definition) is 1. The van der Waals surface area contributed by atoms with E-state index in [-0.39, 0.29) is 0 Å². The molecule has 0 amide bonds. The number of fused-ring (bicyclic) bond motifs is 5. The fraction of sp³-hybridized carbons (Fsp3) is 0.828. The van der Waals surface area contributed by atoms with Crippen LogP contribution in [0, 0.1) is 64.6 Å². The summed E-state index contributed by atoms with van der Waals surface area (Å²) in [5, 5.41) is 0. The van der Waals surface area contributed by atoms with Gasteiger partial charge in [-0.05, 0) is 104 Å². The topological polar surface area (TPSA) is 38.4 Å². The molecule has 0 bridgehead atoms. The normalized spacial score (nSPS) is 47.8. The zero-order chi connectivity index (χ0) is 22.2. The minimum atomic E-state index is 0.503. The molecule has 2 nitrogen and oxygen atoms in total. The van der Waals surface area contributed by atoms with Gasteiger partial charge >= 0.3 is 0 Å². The van der Waals surface area contributed by atoms with Gasteiger partial charge in [-0.15, -0.1) is 6.42 Å². The van der Waals surface area contributed by atoms with Gasteiger partial charge in [-0.2, -0.15) is 0 Å². The smallest absolute Gasteiger partial charge is 0.0575 e. The van der Waals surface area contributed by atoms with E-state index in [9.17, 15) is 0 Å². The van der Waals surface area contributed by atoms with Gasteiger partial charge in [0.2, 0.25) is 0 Å². The van der Waals surface area contributed by atoms with Gasteiger partial charge in [0.25, 0.3) is 0 Å². The molecule has 4 fully saturated rings. The van der Waals surface area contributed by atoms with Crippen molar-refractivity contribution in [2.45, 2.75) is 91.9 Å². The first-order valence-corrected chi connectivity index (χ1v) is 13.2. The van der Waals surface area contributed by atoms with E-state index >= 15 is 0 Å². The lowest BCUT2D eigenvalue weighted by Crippen LogP contribution is -2.56. The predicted molar refractivity (Wildman–Crippen MR) is 133 cm³/mol. The largest absolute Gasteiger partial charge is 0.404 e. The summed E-state index contributed by atoms with van der Waals surface area (Å²) >= 11 is 0. The molecular formula is C29H46N2. The SMILES string of the molecule is C#C/C(C=NCCC1CCC(C)C2C3CCC4(C)CC(C)CCC4C3CCC12C)=C/N. The Balaban J connectivity index is 1.49. The lowest BCUT2D eigenvalue weighted by atomic mass is 9.41. The summed E-state index contributed by atoms with van der Waals surface area (Å²) in [6, 6.07) is 0. The maximum atomic E-state index is 5.56. The van der Waals surface area contributed by atoms with Gasteiger partial charge < -0.3 is 5.73 Å². The van der Waals surface area contributed by atoms with Crippen molar-refractivity contribution in [2.24, 2.45) is 63.0 Å². The first kappa shape index (κ1) is 22.9. The molecule has 0 radical (unpaired) electrons. The molecule has 172 valence electrons. The molecule has 4 rings (SSSR count). The molecule has 0 aromatic heterocycles. The van der Waals surface area contributed by atoms with Crippen LogP contribution in [0.3, 0.4) is 0 Å². The van der Waals surface area contributed by atoms with Crippen LogP contribution in [0.5, 0.6) is 0 Å². The minimum absolute atomic E-state index is 0.503. The average molecular weight is 423 g/mol. The van der Waals surface area contributed by atoms with E-state index in [1.165, 1.54) is 70.4 Å². The van der Waals surface area contributed by atoms with Crippen LogP contribution in [0.25, 0.3) is 0 Å². The molecular weight excluding hydrogens is 376 g/mol. The molecule has 0 aliphatic heterocycles. The van der Waals surface area contributed by atoms with E-state index in [4.69, 9.17) is 12.2 Å². The van der Waals surface area contributed by atoms with Crippen LogP contribution in [0.4, 0.5) is 0 Å². The molecule has 2 heteroatoms. The van der Waals surface area contributed by atoms with Crippen LogP contribution in [0.1, 0.15) is 91.9 Å². The Hall–Kier alpha value is -1.23. The van der Waals surface area contributed by atoms with Gasteiger partial charge in [0.1, 0.15) is 0 Å². The second kappa shape index (κ2) is 8.96. The third-order valence-electron chi connectivity index (χ3n) is 10.7. The fourth-order valence-electron chi connectivity index (χ4n) is 9.40. The summed E-state index contributed by atoms with van der Waals surface area (Å²) in [5.41, 5.74) is 7.38. The maximum Gasteiger partial charge on any atom is 0.0575 e. The molecule has 0 aromatic rings. The van der Waals surface area contributed by atoms with Crippen molar-refractivity contribution in [3.8, 4) is 12.3 Å². The van der Waals surface area contributed by atoms with Gasteiger partial charge in [-0.3, -0.25) is 4.99 Å². The van der Waals surface area contributed by atoms with Crippen LogP contribution in [0.2, 0.25) is 0 Å². The molecule has 4 saturated carbocycles. The number of hydrogen-bond acceptors (Lipinski definition) is 2. The molecule has 2 N–H and O–H groups in total. The quantitative estimate of drug-likeness (QED) is 0.390. The summed E-state index contributed by atoms with van der Waals surface area (Å²) in [7, 11) is 0. The van der Waals surface area contributed by atoms with Gasteiger partial charge in [-0.1, -0.05) is 46.5 Å². The second-order valence-electron chi connectivity index (χ2n) is 12.4. The molecule has 9 unspecified atom stereocenters. The zero-order valence-electron chi connectivity index (χ0n) is 20.6. The highest BCUT2D eigenvalue weighted by Crippen LogP contribution is 2.67. The highest BCUT2D eigenvalue weighted by atomic mass is 14.7. The number of nitrogens with two attached hydrogens (primary N) is 1. The number of nitrogens with zero attached hydrogens (tertiary/aromatic N) is 1. The standard InChI is InChI=1S/C29H46N2/c1-6-22(18-30)19-31-16-13-23-9-8-21(3)27-25-11-14-28(4)17-20(2)7-10-26(28)24(25)12-15-29(23,27)5/h1,18-21,23-27H,7-17,30H2,2-5H3/b22-18-,31-19?. The number of aliphatic imine (C=N–C) groups is 1. The van der Waals surface area contributed by atoms with E-state index in [1.54, 1.807) is 6.21 Å². The van der Waals surface area contributed by atoms with Crippen LogP contribution in [-0.2, 0) is 0 Å². The lowest BCUT2D eigenvalue weighted by molar-refractivity contribution is -0.150. The van der Waals surface area contributed by atoms with Crippen LogP contribution >= 0.6 is 0 Å². The molecule has 0 spiro atoms. The Morgan fingerprint density at radius 2 is 1.84 bits per heavy atom. The van der Waals surface area contributed by atoms with Crippen molar-refractivity contribution in [1.29, 1.82) is 0 Å². The molecule has 31 heavy (non-hydrogen) atoms. The van der Waals surface area contributed by atoms with Crippen LogP contribution in [0.15, 0.2) is 16.8 Å². The lowest BCUT2D eigenvalue weighted by Gasteiger charge is -2.64. The van der Waals surface area contributed by atoms with Crippen LogP contribution < -0.4 is 5.73 Å². The number of rotatable bonds is 4. The summed E-state index contributed by atoms with van der Waals surface area (Å²) in [6.45, 7) is 11.3. The molecule has 4 aliphatic carbocycles.